The van der Waals surface area contributed by atoms with Gasteiger partial charge in [-0.3, -0.25) is 9.59 Å². The smallest absolute Gasteiger partial charge is 0.222 e. The fraction of sp³-hybridized carbons (Fsp3) is 0.902. The fourth-order valence-corrected chi connectivity index (χ4v) is 14.0. The molecule has 0 spiro atoms. The zero-order valence-corrected chi connectivity index (χ0v) is 33.2. The number of likely N-dealkylation sites (tertiary alicyclic amines) is 1. The van der Waals surface area contributed by atoms with Crippen molar-refractivity contribution in [2.45, 2.75) is 161 Å². The minimum absolute atomic E-state index is 0.0114. The van der Waals surface area contributed by atoms with E-state index in [4.69, 9.17) is 0 Å². The maximum Gasteiger partial charge on any atom is 0.222 e. The summed E-state index contributed by atoms with van der Waals surface area (Å²) in [6.45, 7) is 13.6. The van der Waals surface area contributed by atoms with Crippen LogP contribution < -0.4 is 5.32 Å². The molecule has 1 aliphatic heterocycles. The van der Waals surface area contributed by atoms with Gasteiger partial charge in [0.2, 0.25) is 11.8 Å². The van der Waals surface area contributed by atoms with Gasteiger partial charge in [0.15, 0.2) is 0 Å². The zero-order valence-electron chi connectivity index (χ0n) is 31.6. The number of β-amino-alcohol motifs (C(OH)–C–C–N with tert-alkyl or cyclic N) is 1. The van der Waals surface area contributed by atoms with Crippen LogP contribution in [-0.4, -0.2) is 69.8 Å². The predicted octanol–water partition coefficient (Wildman–Crippen LogP) is 8.80. The van der Waals surface area contributed by atoms with Gasteiger partial charge in [-0.1, -0.05) is 93.5 Å². The van der Waals surface area contributed by atoms with Crippen molar-refractivity contribution in [1.29, 1.82) is 0 Å². The largest absolute Gasteiger partial charge is 0.394 e. The minimum Gasteiger partial charge on any atom is -0.394 e. The first-order chi connectivity index (χ1) is 23.5. The Morgan fingerprint density at radius 1 is 1.00 bits per heavy atom. The monoisotopic (exact) mass is 718 g/mol. The van der Waals surface area contributed by atoms with Crippen LogP contribution >= 0.6 is 21.6 Å². The highest BCUT2D eigenvalue weighted by atomic mass is 33.1. The molecule has 280 valence electrons. The summed E-state index contributed by atoms with van der Waals surface area (Å²) in [7, 11) is 3.91. The van der Waals surface area contributed by atoms with Crippen molar-refractivity contribution in [3.05, 3.63) is 11.6 Å². The molecule has 2 amide bonds. The molecule has 0 aromatic rings. The average Bonchev–Trinajstić information content (AvgIpc) is 3.63. The quantitative estimate of drug-likeness (QED) is 0.0792. The van der Waals surface area contributed by atoms with Gasteiger partial charge in [0.1, 0.15) is 0 Å². The highest BCUT2D eigenvalue weighted by molar-refractivity contribution is 8.76. The molecule has 1 saturated heterocycles. The third kappa shape index (κ3) is 9.46. The number of carbonyl (C=O) groups is 2. The van der Waals surface area contributed by atoms with Crippen molar-refractivity contribution in [2.75, 3.05) is 25.4 Å². The number of carbonyl (C=O) groups excluding carboxylic acids is 2. The summed E-state index contributed by atoms with van der Waals surface area (Å²) in [5.74, 6) is 6.32. The maximum absolute atomic E-state index is 12.5. The Hall–Kier alpha value is -0.700. The molecule has 10 atom stereocenters. The Balaban J connectivity index is 0.970. The number of unbranched alkanes of at least 4 members (excludes halogenated alkanes) is 2. The van der Waals surface area contributed by atoms with Crippen molar-refractivity contribution in [2.24, 2.45) is 46.3 Å². The lowest BCUT2D eigenvalue weighted by atomic mass is 9.47. The van der Waals surface area contributed by atoms with Crippen LogP contribution in [0, 0.1) is 46.3 Å². The molecule has 3 N–H and O–H groups in total. The number of amides is 2. The summed E-state index contributed by atoms with van der Waals surface area (Å²) in [6.07, 6.45) is 21.4. The number of nitrogens with zero attached hydrogens (tertiary/aromatic N) is 1. The highest BCUT2D eigenvalue weighted by Crippen LogP contribution is 2.67. The molecule has 49 heavy (non-hydrogen) atoms. The number of nitrogens with one attached hydrogen (secondary N) is 1. The van der Waals surface area contributed by atoms with E-state index in [0.717, 1.165) is 60.5 Å². The second kappa shape index (κ2) is 17.9. The van der Waals surface area contributed by atoms with Crippen molar-refractivity contribution < 1.29 is 19.8 Å². The van der Waals surface area contributed by atoms with Crippen LogP contribution in [0.25, 0.3) is 0 Å². The van der Waals surface area contributed by atoms with Crippen molar-refractivity contribution in [3.8, 4) is 0 Å². The molecule has 0 bridgehead atoms. The average molecular weight is 719 g/mol. The molecule has 8 heteroatoms. The van der Waals surface area contributed by atoms with Crippen LogP contribution in [-0.2, 0) is 9.59 Å². The lowest BCUT2D eigenvalue weighted by Gasteiger charge is -2.58. The van der Waals surface area contributed by atoms with Crippen LogP contribution in [0.3, 0.4) is 0 Å². The first-order valence-electron chi connectivity index (χ1n) is 20.3. The van der Waals surface area contributed by atoms with Gasteiger partial charge in [-0.05, 0) is 117 Å². The van der Waals surface area contributed by atoms with Gasteiger partial charge in [0.05, 0.1) is 18.8 Å². The van der Waals surface area contributed by atoms with E-state index in [2.05, 4.69) is 46.0 Å². The molecule has 3 unspecified atom stereocenters. The normalized spacial score (nSPS) is 36.2. The first kappa shape index (κ1) is 39.5. The molecule has 0 aromatic heterocycles. The molecule has 3 saturated carbocycles. The predicted molar refractivity (Wildman–Crippen MR) is 206 cm³/mol. The third-order valence-corrected chi connectivity index (χ3v) is 17.1. The van der Waals surface area contributed by atoms with Crippen LogP contribution in [0.4, 0.5) is 0 Å². The number of hydrogen-bond donors (Lipinski definition) is 3. The topological polar surface area (TPSA) is 89.9 Å². The van der Waals surface area contributed by atoms with Gasteiger partial charge < -0.3 is 20.4 Å². The lowest BCUT2D eigenvalue weighted by molar-refractivity contribution is -0.133. The molecule has 5 rings (SSSR count). The minimum atomic E-state index is -0.527. The Bertz CT molecular complexity index is 1130. The lowest BCUT2D eigenvalue weighted by Crippen LogP contribution is -2.50. The molecule has 4 aliphatic carbocycles. The summed E-state index contributed by atoms with van der Waals surface area (Å²) >= 11 is 0. The Morgan fingerprint density at radius 2 is 1.82 bits per heavy atom. The summed E-state index contributed by atoms with van der Waals surface area (Å²) in [6, 6.07) is -0.250. The number of hydrogen-bond acceptors (Lipinski definition) is 6. The van der Waals surface area contributed by atoms with E-state index in [1.807, 2.05) is 21.6 Å². The Kier molecular flexibility index (Phi) is 14.4. The summed E-state index contributed by atoms with van der Waals surface area (Å²) in [5.41, 5.74) is 2.73. The number of aliphatic hydroxyl groups is 2. The number of allylic oxidation sites excluding steroid dienone is 2. The summed E-state index contributed by atoms with van der Waals surface area (Å²) < 4.78 is 0. The molecule has 1 heterocycles. The molecule has 5 aliphatic rings. The van der Waals surface area contributed by atoms with E-state index in [9.17, 15) is 19.8 Å². The van der Waals surface area contributed by atoms with Gasteiger partial charge in [-0.25, -0.2) is 0 Å². The maximum atomic E-state index is 12.5. The van der Waals surface area contributed by atoms with E-state index in [0.29, 0.717) is 48.4 Å². The van der Waals surface area contributed by atoms with Crippen molar-refractivity contribution in [1.82, 2.24) is 10.2 Å². The van der Waals surface area contributed by atoms with E-state index < -0.39 is 6.10 Å². The highest BCUT2D eigenvalue weighted by Gasteiger charge is 2.59. The van der Waals surface area contributed by atoms with E-state index >= 15 is 0 Å². The van der Waals surface area contributed by atoms with E-state index in [1.165, 1.54) is 70.6 Å². The van der Waals surface area contributed by atoms with Gasteiger partial charge >= 0.3 is 0 Å². The van der Waals surface area contributed by atoms with Crippen molar-refractivity contribution in [3.63, 3.8) is 0 Å². The van der Waals surface area contributed by atoms with Crippen LogP contribution in [0.15, 0.2) is 11.6 Å². The Labute approximate surface area is 306 Å². The number of rotatable bonds is 17. The van der Waals surface area contributed by atoms with Crippen LogP contribution in [0.2, 0.25) is 0 Å². The summed E-state index contributed by atoms with van der Waals surface area (Å²) in [4.78, 5) is 26.5. The molecule has 6 nitrogen and oxygen atoms in total. The van der Waals surface area contributed by atoms with Gasteiger partial charge in [0, 0.05) is 36.9 Å². The SMILES string of the molecule is CC(C)CCC[C@@H](C)[C@H]1CCC2C3CC=C4C[C@@H](SSCCC(=O)NCCCCCC(=O)N5C[C@H](O)C[C@H]5CO)CC[C@]4(C)C3CC[C@@]21C. The van der Waals surface area contributed by atoms with Crippen LogP contribution in [0.5, 0.6) is 0 Å². The number of aliphatic hydroxyl groups excluding tert-OH is 2. The van der Waals surface area contributed by atoms with Crippen LogP contribution in [0.1, 0.15) is 144 Å². The van der Waals surface area contributed by atoms with Gasteiger partial charge in [0.25, 0.3) is 0 Å². The molecular weight excluding hydrogens is 649 g/mol. The van der Waals surface area contributed by atoms with E-state index in [-0.39, 0.29) is 24.5 Å². The third-order valence-electron chi connectivity index (χ3n) is 14.2. The standard InChI is InChI=1S/C41H70N2O4S2/c1-28(2)10-9-11-29(3)35-15-16-36-34-14-13-30-24-33(17-20-40(30,4)37(34)18-21-41(35,36)5)49-48-23-19-38(46)42-22-8-6-7-12-39(47)43-26-32(45)25-31(43)27-44/h13,28-29,31-37,44-45H,6-12,14-27H2,1-5H3,(H,42,46)/t29-,31+,32-,33+,34?,35-,36?,37?,40+,41-/m1/s1. The Morgan fingerprint density at radius 3 is 2.59 bits per heavy atom. The molecule has 0 aromatic carbocycles. The second-order valence-electron chi connectivity index (χ2n) is 17.8. The second-order valence-corrected chi connectivity index (χ2v) is 20.5. The molecule has 0 radical (unpaired) electrons. The fourth-order valence-electron chi connectivity index (χ4n) is 11.4. The summed E-state index contributed by atoms with van der Waals surface area (Å²) in [5, 5.41) is 23.0. The number of fused-ring (bicyclic) bond motifs is 5. The van der Waals surface area contributed by atoms with Crippen molar-refractivity contribution >= 4 is 33.4 Å². The zero-order chi connectivity index (χ0) is 35.2. The van der Waals surface area contributed by atoms with E-state index in [1.54, 1.807) is 10.5 Å². The molecule has 4 fully saturated rings. The molecular formula is C41H70N2O4S2. The van der Waals surface area contributed by atoms with Gasteiger partial charge in [-0.15, -0.1) is 0 Å². The first-order valence-corrected chi connectivity index (χ1v) is 22.7. The van der Waals surface area contributed by atoms with Gasteiger partial charge in [-0.2, -0.15) is 0 Å².